The number of aliphatic carboxylic acids is 1. The molecule has 2 saturated heterocycles. The second-order valence-electron chi connectivity index (χ2n) is 6.91. The Hall–Kier alpha value is -2.37. The molecular weight excluding hydrogens is 320 g/mol. The predicted molar refractivity (Wildman–Crippen MR) is 91.9 cm³/mol. The summed E-state index contributed by atoms with van der Waals surface area (Å²) in [6.07, 6.45) is 1.07. The molecule has 3 rings (SSSR count). The second kappa shape index (κ2) is 6.86. The lowest BCUT2D eigenvalue weighted by molar-refractivity contribution is -0.149. The van der Waals surface area contributed by atoms with Gasteiger partial charge in [-0.05, 0) is 25.3 Å². The van der Waals surface area contributed by atoms with Crippen LogP contribution in [0.25, 0.3) is 0 Å². The van der Waals surface area contributed by atoms with Crippen molar-refractivity contribution in [2.75, 3.05) is 26.2 Å². The fourth-order valence-corrected chi connectivity index (χ4v) is 3.99. The van der Waals surface area contributed by atoms with Crippen LogP contribution >= 0.6 is 0 Å². The van der Waals surface area contributed by atoms with E-state index < -0.39 is 11.4 Å². The molecule has 0 aromatic heterocycles. The Kier molecular flexibility index (Phi) is 4.79. The Labute approximate surface area is 147 Å². The van der Waals surface area contributed by atoms with Gasteiger partial charge >= 0.3 is 5.97 Å². The molecule has 0 spiro atoms. The van der Waals surface area contributed by atoms with Gasteiger partial charge < -0.3 is 14.9 Å². The topological polar surface area (TPSA) is 77.9 Å². The average Bonchev–Trinajstić information content (AvgIpc) is 3.02. The van der Waals surface area contributed by atoms with E-state index in [0.717, 1.165) is 5.56 Å². The summed E-state index contributed by atoms with van der Waals surface area (Å²) < 4.78 is 0. The van der Waals surface area contributed by atoms with Crippen molar-refractivity contribution < 1.29 is 19.5 Å². The maximum absolute atomic E-state index is 12.7. The SMILES string of the molecule is CCN1C[C@H](C(=O)N2CCC(C(=O)O)(c3ccccc3)CC2)CC1=O. The van der Waals surface area contributed by atoms with Crippen molar-refractivity contribution in [3.05, 3.63) is 35.9 Å². The normalized spacial score (nSPS) is 22.9. The third-order valence-electron chi connectivity index (χ3n) is 5.61. The van der Waals surface area contributed by atoms with Crippen LogP contribution in [0, 0.1) is 5.92 Å². The first kappa shape index (κ1) is 17.5. The number of nitrogens with zero attached hydrogens (tertiary/aromatic N) is 2. The maximum Gasteiger partial charge on any atom is 0.314 e. The molecule has 2 aliphatic heterocycles. The Morgan fingerprint density at radius 2 is 1.84 bits per heavy atom. The largest absolute Gasteiger partial charge is 0.481 e. The molecule has 25 heavy (non-hydrogen) atoms. The average molecular weight is 344 g/mol. The van der Waals surface area contributed by atoms with Crippen LogP contribution in [-0.4, -0.2) is 58.9 Å². The number of carbonyl (C=O) groups is 3. The molecule has 0 bridgehead atoms. The fourth-order valence-electron chi connectivity index (χ4n) is 3.99. The zero-order valence-electron chi connectivity index (χ0n) is 14.5. The summed E-state index contributed by atoms with van der Waals surface area (Å²) in [7, 11) is 0. The minimum atomic E-state index is -0.932. The van der Waals surface area contributed by atoms with E-state index in [1.165, 1.54) is 0 Å². The molecule has 0 unspecified atom stereocenters. The van der Waals surface area contributed by atoms with Gasteiger partial charge in [0.1, 0.15) is 0 Å². The molecule has 1 N–H and O–H groups in total. The lowest BCUT2D eigenvalue weighted by atomic mass is 9.72. The first-order valence-electron chi connectivity index (χ1n) is 8.83. The predicted octanol–water partition coefficient (Wildman–Crippen LogP) is 1.50. The highest BCUT2D eigenvalue weighted by Crippen LogP contribution is 2.36. The van der Waals surface area contributed by atoms with E-state index in [1.54, 1.807) is 9.80 Å². The lowest BCUT2D eigenvalue weighted by Crippen LogP contribution is -2.50. The fraction of sp³-hybridized carbons (Fsp3) is 0.526. The molecular formula is C19H24N2O4. The van der Waals surface area contributed by atoms with Gasteiger partial charge in [-0.3, -0.25) is 14.4 Å². The van der Waals surface area contributed by atoms with Gasteiger partial charge in [0, 0.05) is 32.6 Å². The Morgan fingerprint density at radius 3 is 2.36 bits per heavy atom. The molecule has 0 aliphatic carbocycles. The smallest absolute Gasteiger partial charge is 0.314 e. The van der Waals surface area contributed by atoms with Gasteiger partial charge in [-0.25, -0.2) is 0 Å². The monoisotopic (exact) mass is 344 g/mol. The van der Waals surface area contributed by atoms with Crippen molar-refractivity contribution in [3.8, 4) is 0 Å². The van der Waals surface area contributed by atoms with Crippen LogP contribution in [-0.2, 0) is 19.8 Å². The molecule has 2 aliphatic rings. The third-order valence-corrected chi connectivity index (χ3v) is 5.61. The number of carboxylic acid groups (broad SMARTS) is 1. The van der Waals surface area contributed by atoms with E-state index in [-0.39, 0.29) is 24.2 Å². The summed E-state index contributed by atoms with van der Waals surface area (Å²) in [5.74, 6) is -1.11. The standard InChI is InChI=1S/C19H24N2O4/c1-2-20-13-14(12-16(20)22)17(23)21-10-8-19(9-11-21,18(24)25)15-6-4-3-5-7-15/h3-7,14H,2,8-13H2,1H3,(H,24,25)/t14-/m1/s1. The minimum absolute atomic E-state index is 0.0173. The van der Waals surface area contributed by atoms with Crippen molar-refractivity contribution in [3.63, 3.8) is 0 Å². The van der Waals surface area contributed by atoms with Gasteiger partial charge in [0.2, 0.25) is 11.8 Å². The molecule has 2 heterocycles. The summed E-state index contributed by atoms with van der Waals surface area (Å²) in [6.45, 7) is 3.84. The minimum Gasteiger partial charge on any atom is -0.481 e. The number of piperidine rings is 1. The van der Waals surface area contributed by atoms with Gasteiger partial charge in [0.25, 0.3) is 0 Å². The zero-order valence-corrected chi connectivity index (χ0v) is 14.5. The number of hydrogen-bond acceptors (Lipinski definition) is 3. The molecule has 2 amide bonds. The zero-order chi connectivity index (χ0) is 18.0. The molecule has 0 saturated carbocycles. The number of likely N-dealkylation sites (tertiary alicyclic amines) is 2. The maximum atomic E-state index is 12.7. The summed E-state index contributed by atoms with van der Waals surface area (Å²) in [5.41, 5.74) is -0.137. The molecule has 6 heteroatoms. The number of carboxylic acids is 1. The van der Waals surface area contributed by atoms with Crippen LogP contribution in [0.2, 0.25) is 0 Å². The highest BCUT2D eigenvalue weighted by Gasteiger charge is 2.45. The Bertz CT molecular complexity index is 665. The first-order valence-corrected chi connectivity index (χ1v) is 8.83. The molecule has 6 nitrogen and oxygen atoms in total. The van der Waals surface area contributed by atoms with E-state index in [2.05, 4.69) is 0 Å². The van der Waals surface area contributed by atoms with Gasteiger partial charge in [0.15, 0.2) is 0 Å². The Morgan fingerprint density at radius 1 is 1.20 bits per heavy atom. The third kappa shape index (κ3) is 3.13. The summed E-state index contributed by atoms with van der Waals surface area (Å²) in [5, 5.41) is 9.83. The van der Waals surface area contributed by atoms with Crippen LogP contribution in [0.4, 0.5) is 0 Å². The van der Waals surface area contributed by atoms with E-state index in [9.17, 15) is 19.5 Å². The van der Waals surface area contributed by atoms with E-state index in [0.29, 0.717) is 39.0 Å². The summed E-state index contributed by atoms with van der Waals surface area (Å²) >= 11 is 0. The van der Waals surface area contributed by atoms with Crippen LogP contribution in [0.3, 0.4) is 0 Å². The number of benzene rings is 1. The van der Waals surface area contributed by atoms with Crippen molar-refractivity contribution in [1.82, 2.24) is 9.80 Å². The van der Waals surface area contributed by atoms with Gasteiger partial charge in [-0.15, -0.1) is 0 Å². The molecule has 0 radical (unpaired) electrons. The van der Waals surface area contributed by atoms with E-state index in [1.807, 2.05) is 37.3 Å². The van der Waals surface area contributed by atoms with Crippen molar-refractivity contribution in [2.24, 2.45) is 5.92 Å². The van der Waals surface area contributed by atoms with E-state index >= 15 is 0 Å². The van der Waals surface area contributed by atoms with Crippen LogP contribution in [0.1, 0.15) is 31.7 Å². The van der Waals surface area contributed by atoms with Gasteiger partial charge in [-0.1, -0.05) is 30.3 Å². The van der Waals surface area contributed by atoms with Crippen LogP contribution < -0.4 is 0 Å². The molecule has 134 valence electrons. The van der Waals surface area contributed by atoms with Crippen molar-refractivity contribution in [1.29, 1.82) is 0 Å². The molecule has 2 fully saturated rings. The van der Waals surface area contributed by atoms with Crippen LogP contribution in [0.5, 0.6) is 0 Å². The molecule has 1 aromatic carbocycles. The van der Waals surface area contributed by atoms with Crippen molar-refractivity contribution in [2.45, 2.75) is 31.6 Å². The lowest BCUT2D eigenvalue weighted by Gasteiger charge is -2.40. The Balaban J connectivity index is 1.69. The first-order chi connectivity index (χ1) is 12.0. The van der Waals surface area contributed by atoms with E-state index in [4.69, 9.17) is 0 Å². The number of rotatable bonds is 4. The summed E-state index contributed by atoms with van der Waals surface area (Å²) in [6, 6.07) is 9.26. The molecule has 1 aromatic rings. The number of carbonyl (C=O) groups excluding carboxylic acids is 2. The van der Waals surface area contributed by atoms with Gasteiger partial charge in [-0.2, -0.15) is 0 Å². The number of amides is 2. The van der Waals surface area contributed by atoms with Crippen molar-refractivity contribution >= 4 is 17.8 Å². The second-order valence-corrected chi connectivity index (χ2v) is 6.91. The number of hydrogen-bond donors (Lipinski definition) is 1. The highest BCUT2D eigenvalue weighted by molar-refractivity contribution is 5.89. The molecule has 1 atom stereocenters. The highest BCUT2D eigenvalue weighted by atomic mass is 16.4. The van der Waals surface area contributed by atoms with Gasteiger partial charge in [0.05, 0.1) is 11.3 Å². The van der Waals surface area contributed by atoms with Crippen LogP contribution in [0.15, 0.2) is 30.3 Å². The summed E-state index contributed by atoms with van der Waals surface area (Å²) in [4.78, 5) is 40.0. The quantitative estimate of drug-likeness (QED) is 0.898.